The van der Waals surface area contributed by atoms with Crippen LogP contribution in [-0.4, -0.2) is 52.5 Å². The van der Waals surface area contributed by atoms with Gasteiger partial charge in [0, 0.05) is 6.42 Å². The van der Waals surface area contributed by atoms with E-state index < -0.39 is 32.9 Å². The molecule has 0 aromatic carbocycles. The lowest BCUT2D eigenvalue weighted by molar-refractivity contribution is 0.0596. The third-order valence-corrected chi connectivity index (χ3v) is 11.3. The summed E-state index contributed by atoms with van der Waals surface area (Å²) in [4.78, 5) is 0. The minimum absolute atomic E-state index is 0.0620. The predicted octanol–water partition coefficient (Wildman–Crippen LogP) is 4.32. The van der Waals surface area contributed by atoms with Gasteiger partial charge in [0.25, 0.3) is 0 Å². The standard InChI is InChI=1S/C27H44O5S/c1-17(7-5-11-26(2,3)30)22-9-10-23-18(8-6-12-27(22,23)4)13-25-20-14-19(28)15-24(29)21(20)16-33(25,31)32/h13,17,19,22-25,28-30H,5-12,14-16H2,1-4H3/b18-13+/t17-,19-,22-,23+,24+,25+,27-/m1/s1. The average Bonchev–Trinajstić information content (AvgIpc) is 3.16. The van der Waals surface area contributed by atoms with Crippen LogP contribution in [-0.2, 0) is 9.84 Å². The van der Waals surface area contributed by atoms with E-state index in [9.17, 15) is 23.7 Å². The molecule has 1 aliphatic heterocycles. The smallest absolute Gasteiger partial charge is 0.164 e. The Balaban J connectivity index is 1.55. The first-order valence-electron chi connectivity index (χ1n) is 13.0. The van der Waals surface area contributed by atoms with Crippen molar-refractivity contribution in [3.8, 4) is 0 Å². The summed E-state index contributed by atoms with van der Waals surface area (Å²) in [7, 11) is -3.37. The summed E-state index contributed by atoms with van der Waals surface area (Å²) in [5.41, 5.74) is 2.29. The van der Waals surface area contributed by atoms with Crippen molar-refractivity contribution in [3.63, 3.8) is 0 Å². The maximum atomic E-state index is 13.1. The van der Waals surface area contributed by atoms with Crippen LogP contribution >= 0.6 is 0 Å². The lowest BCUT2D eigenvalue weighted by Gasteiger charge is -2.45. The van der Waals surface area contributed by atoms with Gasteiger partial charge in [0.1, 0.15) is 5.25 Å². The number of hydrogen-bond donors (Lipinski definition) is 3. The minimum Gasteiger partial charge on any atom is -0.393 e. The van der Waals surface area contributed by atoms with Crippen LogP contribution in [0.3, 0.4) is 0 Å². The minimum atomic E-state index is -3.37. The van der Waals surface area contributed by atoms with Crippen LogP contribution in [0.4, 0.5) is 0 Å². The highest BCUT2D eigenvalue weighted by molar-refractivity contribution is 7.92. The van der Waals surface area contributed by atoms with Crippen LogP contribution in [0.2, 0.25) is 0 Å². The molecule has 0 radical (unpaired) electrons. The second-order valence-electron chi connectivity index (χ2n) is 12.4. The van der Waals surface area contributed by atoms with Gasteiger partial charge in [-0.15, -0.1) is 0 Å². The molecule has 0 unspecified atom stereocenters. The average molecular weight is 481 g/mol. The normalized spacial score (nSPS) is 40.7. The van der Waals surface area contributed by atoms with Crippen molar-refractivity contribution >= 4 is 9.84 Å². The SMILES string of the molecule is C[C@H](CCCC(C)(C)O)[C@H]1CC[C@H]2/C(=C/[C@H]3C4=C(CS3(=O)=O)[C@@H](O)C[C@H](O)C4)CCC[C@]12C. The summed E-state index contributed by atoms with van der Waals surface area (Å²) < 4.78 is 26.2. The lowest BCUT2D eigenvalue weighted by atomic mass is 9.60. The van der Waals surface area contributed by atoms with Crippen molar-refractivity contribution in [2.75, 3.05) is 5.75 Å². The van der Waals surface area contributed by atoms with E-state index in [-0.39, 0.29) is 17.6 Å². The number of fused-ring (bicyclic) bond motifs is 1. The molecule has 33 heavy (non-hydrogen) atoms. The fraction of sp³-hybridized carbons (Fsp3) is 0.852. The van der Waals surface area contributed by atoms with Crippen LogP contribution in [0.1, 0.15) is 91.9 Å². The van der Waals surface area contributed by atoms with Gasteiger partial charge in [-0.1, -0.05) is 38.3 Å². The highest BCUT2D eigenvalue weighted by atomic mass is 32.2. The number of aliphatic hydroxyl groups excluding tert-OH is 2. The van der Waals surface area contributed by atoms with Gasteiger partial charge in [0.15, 0.2) is 9.84 Å². The van der Waals surface area contributed by atoms with Crippen molar-refractivity contribution < 1.29 is 23.7 Å². The Morgan fingerprint density at radius 3 is 2.64 bits per heavy atom. The first-order valence-corrected chi connectivity index (χ1v) is 14.8. The zero-order valence-corrected chi connectivity index (χ0v) is 21.7. The summed E-state index contributed by atoms with van der Waals surface area (Å²) in [6.45, 7) is 8.55. The Bertz CT molecular complexity index is 911. The van der Waals surface area contributed by atoms with Crippen LogP contribution in [0.15, 0.2) is 22.8 Å². The molecule has 1 heterocycles. The first-order chi connectivity index (χ1) is 15.3. The maximum absolute atomic E-state index is 13.1. The van der Waals surface area contributed by atoms with Crippen molar-refractivity contribution in [1.82, 2.24) is 0 Å². The van der Waals surface area contributed by atoms with E-state index in [0.717, 1.165) is 44.1 Å². The topological polar surface area (TPSA) is 94.8 Å². The van der Waals surface area contributed by atoms with Gasteiger partial charge in [-0.3, -0.25) is 0 Å². The van der Waals surface area contributed by atoms with Gasteiger partial charge >= 0.3 is 0 Å². The van der Waals surface area contributed by atoms with E-state index in [1.165, 1.54) is 18.4 Å². The highest BCUT2D eigenvalue weighted by Gasteiger charge is 2.51. The Labute approximate surface area is 200 Å². The third kappa shape index (κ3) is 5.00. The van der Waals surface area contributed by atoms with E-state index in [0.29, 0.717) is 29.7 Å². The number of allylic oxidation sites excluding steroid dienone is 1. The van der Waals surface area contributed by atoms with Gasteiger partial charge in [-0.05, 0) is 93.1 Å². The van der Waals surface area contributed by atoms with Gasteiger partial charge in [0.2, 0.25) is 0 Å². The molecule has 188 valence electrons. The van der Waals surface area contributed by atoms with Crippen molar-refractivity contribution in [2.45, 2.75) is 115 Å². The third-order valence-electron chi connectivity index (χ3n) is 9.39. The molecule has 0 aromatic heterocycles. The second kappa shape index (κ2) is 9.07. The molecule has 3 N–H and O–H groups in total. The largest absolute Gasteiger partial charge is 0.393 e. The van der Waals surface area contributed by atoms with Gasteiger partial charge in [-0.25, -0.2) is 8.42 Å². The molecule has 7 atom stereocenters. The number of hydrogen-bond acceptors (Lipinski definition) is 5. The maximum Gasteiger partial charge on any atom is 0.164 e. The Kier molecular flexibility index (Phi) is 6.98. The lowest BCUT2D eigenvalue weighted by Crippen LogP contribution is -2.36. The van der Waals surface area contributed by atoms with Gasteiger partial charge in [-0.2, -0.15) is 0 Å². The molecular formula is C27H44O5S. The Morgan fingerprint density at radius 1 is 1.21 bits per heavy atom. The zero-order chi connectivity index (χ0) is 24.2. The van der Waals surface area contributed by atoms with Crippen LogP contribution in [0, 0.1) is 23.2 Å². The van der Waals surface area contributed by atoms with E-state index in [4.69, 9.17) is 0 Å². The molecule has 2 fully saturated rings. The summed E-state index contributed by atoms with van der Waals surface area (Å²) in [6, 6.07) is 0. The van der Waals surface area contributed by atoms with E-state index in [1.807, 2.05) is 19.9 Å². The molecule has 2 saturated carbocycles. The molecule has 0 amide bonds. The van der Waals surface area contributed by atoms with Crippen LogP contribution in [0.5, 0.6) is 0 Å². The predicted molar refractivity (Wildman–Crippen MR) is 131 cm³/mol. The molecule has 6 heteroatoms. The summed E-state index contributed by atoms with van der Waals surface area (Å²) in [6.07, 6.45) is 9.67. The quantitative estimate of drug-likeness (QED) is 0.492. The molecule has 5 nitrogen and oxygen atoms in total. The molecule has 0 spiro atoms. The molecular weight excluding hydrogens is 436 g/mol. The monoisotopic (exact) mass is 480 g/mol. The number of rotatable bonds is 6. The van der Waals surface area contributed by atoms with E-state index >= 15 is 0 Å². The molecule has 0 saturated heterocycles. The van der Waals surface area contributed by atoms with E-state index in [1.54, 1.807) is 0 Å². The Hall–Kier alpha value is -0.690. The molecule has 3 aliphatic carbocycles. The molecule has 4 aliphatic rings. The number of sulfone groups is 1. The van der Waals surface area contributed by atoms with Crippen molar-refractivity contribution in [2.24, 2.45) is 23.2 Å². The molecule has 0 bridgehead atoms. The van der Waals surface area contributed by atoms with Crippen LogP contribution in [0.25, 0.3) is 0 Å². The summed E-state index contributed by atoms with van der Waals surface area (Å²) in [5.74, 6) is 1.58. The van der Waals surface area contributed by atoms with E-state index in [2.05, 4.69) is 13.8 Å². The molecule has 4 rings (SSSR count). The van der Waals surface area contributed by atoms with Gasteiger partial charge < -0.3 is 15.3 Å². The van der Waals surface area contributed by atoms with Gasteiger partial charge in [0.05, 0.1) is 23.6 Å². The zero-order valence-electron chi connectivity index (χ0n) is 20.9. The van der Waals surface area contributed by atoms with Crippen molar-refractivity contribution in [3.05, 3.63) is 22.8 Å². The fourth-order valence-electron chi connectivity index (χ4n) is 7.76. The second-order valence-corrected chi connectivity index (χ2v) is 14.5. The summed E-state index contributed by atoms with van der Waals surface area (Å²) >= 11 is 0. The highest BCUT2D eigenvalue weighted by Crippen LogP contribution is 2.60. The first kappa shape index (κ1) is 25.4. The van der Waals surface area contributed by atoms with Crippen molar-refractivity contribution in [1.29, 1.82) is 0 Å². The fourth-order valence-corrected chi connectivity index (χ4v) is 9.82. The summed E-state index contributed by atoms with van der Waals surface area (Å²) in [5, 5.41) is 30.0. The molecule has 0 aromatic rings. The Morgan fingerprint density at radius 2 is 1.94 bits per heavy atom. The van der Waals surface area contributed by atoms with Crippen LogP contribution < -0.4 is 0 Å². The number of aliphatic hydroxyl groups is 3.